The van der Waals surface area contributed by atoms with Crippen LogP contribution < -0.4 is 15.4 Å². The number of esters is 1. The molecule has 0 radical (unpaired) electrons. The summed E-state index contributed by atoms with van der Waals surface area (Å²) in [5, 5.41) is 4.15. The summed E-state index contributed by atoms with van der Waals surface area (Å²) in [4.78, 5) is 22.9. The van der Waals surface area contributed by atoms with Crippen molar-refractivity contribution in [3.63, 3.8) is 0 Å². The number of nitrogens with two attached hydrogens (primary N) is 1. The summed E-state index contributed by atoms with van der Waals surface area (Å²) < 4.78 is 12.9. The zero-order chi connectivity index (χ0) is 20.5. The van der Waals surface area contributed by atoms with Gasteiger partial charge in [-0.3, -0.25) is 0 Å². The minimum Gasteiger partial charge on any atom is -0.488 e. The monoisotopic (exact) mass is 392 g/mol. The first kappa shape index (κ1) is 18.6. The number of fused-ring (bicyclic) bond motifs is 2. The molecule has 0 aliphatic carbocycles. The van der Waals surface area contributed by atoms with Crippen LogP contribution in [-0.2, 0) is 11.3 Å². The predicted molar refractivity (Wildman–Crippen MR) is 107 cm³/mol. The quantitative estimate of drug-likeness (QED) is 0.502. The van der Waals surface area contributed by atoms with Gasteiger partial charge in [0.2, 0.25) is 0 Å². The molecule has 2 N–H and O–H groups in total. The van der Waals surface area contributed by atoms with Crippen LogP contribution in [0.1, 0.15) is 29.8 Å². The number of rotatable bonds is 1. The molecule has 1 aromatic carbocycles. The summed E-state index contributed by atoms with van der Waals surface area (Å²) in [5.74, 6) is 0.676. The average molecular weight is 392 g/mol. The molecule has 148 valence electrons. The number of carbonyl (C=O) groups excluding carboxylic acids is 1. The number of cyclic esters (lactones) is 1. The lowest BCUT2D eigenvalue weighted by molar-refractivity contribution is 0.0343. The number of carbonyl (C=O) groups is 1. The molecule has 0 amide bonds. The molecule has 2 bridgehead atoms. The Morgan fingerprint density at radius 2 is 2.21 bits per heavy atom. The summed E-state index contributed by atoms with van der Waals surface area (Å²) >= 11 is 0. The maximum Gasteiger partial charge on any atom is 0.346 e. The second-order valence-electron chi connectivity index (χ2n) is 6.72. The number of hydrogen-bond acceptors (Lipinski definition) is 7. The van der Waals surface area contributed by atoms with E-state index in [0.717, 1.165) is 5.56 Å². The zero-order valence-electron chi connectivity index (χ0n) is 16.1. The third-order valence-corrected chi connectivity index (χ3v) is 4.76. The molecule has 2 aromatic heterocycles. The van der Waals surface area contributed by atoms with Crippen LogP contribution in [0.3, 0.4) is 0 Å². The fourth-order valence-electron chi connectivity index (χ4n) is 3.30. The molecule has 1 atom stereocenters. The van der Waals surface area contributed by atoms with Crippen LogP contribution in [0, 0.1) is 6.57 Å². The van der Waals surface area contributed by atoms with Crippen molar-refractivity contribution in [2.45, 2.75) is 26.5 Å². The molecular formula is C20H20N6O3. The fourth-order valence-corrected chi connectivity index (χ4v) is 3.30. The summed E-state index contributed by atoms with van der Waals surface area (Å²) in [6.07, 6.45) is 1.28. The van der Waals surface area contributed by atoms with Gasteiger partial charge in [0.25, 0.3) is 0 Å². The average Bonchev–Trinajstić information content (AvgIpc) is 3.05. The van der Waals surface area contributed by atoms with E-state index in [1.54, 1.807) is 31.3 Å². The Bertz CT molecular complexity index is 1130. The van der Waals surface area contributed by atoms with Gasteiger partial charge in [-0.05, 0) is 26.0 Å². The van der Waals surface area contributed by atoms with E-state index in [2.05, 4.69) is 14.9 Å². The zero-order valence-corrected chi connectivity index (χ0v) is 16.1. The molecule has 9 heteroatoms. The molecule has 0 saturated carbocycles. The molecule has 3 heterocycles. The highest BCUT2D eigenvalue weighted by molar-refractivity contribution is 6.00. The van der Waals surface area contributed by atoms with Gasteiger partial charge in [-0.2, -0.15) is 0 Å². The molecule has 4 rings (SSSR count). The molecule has 0 spiro atoms. The van der Waals surface area contributed by atoms with Crippen LogP contribution >= 0.6 is 0 Å². The molecule has 9 nitrogen and oxygen atoms in total. The predicted octanol–water partition coefficient (Wildman–Crippen LogP) is 2.83. The highest BCUT2D eigenvalue weighted by atomic mass is 16.6. The molecule has 1 aliphatic heterocycles. The topological polar surface area (TPSA) is 99.3 Å². The van der Waals surface area contributed by atoms with Crippen LogP contribution in [0.15, 0.2) is 30.5 Å². The van der Waals surface area contributed by atoms with Crippen molar-refractivity contribution < 1.29 is 14.3 Å². The molecule has 3 aromatic rings. The SMILES string of the molecule is [C-]#[N+]c1cccc2c1CN(CC)c1ccn3nc(N)c(c3n1)C(=O)OC[C@H](C)O2. The standard InChI is InChI=1S/C20H20N6O3/c1-4-25-10-13-14(22-3)6-5-7-15(13)29-12(2)11-28-20(27)17-18(21)24-26-9-8-16(25)23-19(17)26/h5-9,12H,4,10-11H2,1-2H3,(H2,21,24)/t12-/m0/s1. The summed E-state index contributed by atoms with van der Waals surface area (Å²) in [5.41, 5.74) is 7.68. The number of aromatic nitrogens is 3. The van der Waals surface area contributed by atoms with E-state index in [0.29, 0.717) is 36.0 Å². The number of anilines is 2. The Balaban J connectivity index is 1.90. The maximum absolute atomic E-state index is 12.7. The summed E-state index contributed by atoms with van der Waals surface area (Å²) in [6.45, 7) is 12.4. The second kappa shape index (κ2) is 7.31. The van der Waals surface area contributed by atoms with Gasteiger partial charge in [-0.15, -0.1) is 5.10 Å². The van der Waals surface area contributed by atoms with Gasteiger partial charge in [0.15, 0.2) is 17.2 Å². The van der Waals surface area contributed by atoms with Gasteiger partial charge in [0.05, 0.1) is 6.57 Å². The van der Waals surface area contributed by atoms with Crippen molar-refractivity contribution in [2.75, 3.05) is 23.8 Å². The van der Waals surface area contributed by atoms with E-state index in [-0.39, 0.29) is 18.0 Å². The lowest BCUT2D eigenvalue weighted by Gasteiger charge is -2.25. The minimum absolute atomic E-state index is 0.0223. The number of nitrogens with zero attached hydrogens (tertiary/aromatic N) is 5. The molecule has 0 saturated heterocycles. The van der Waals surface area contributed by atoms with E-state index in [1.165, 1.54) is 4.52 Å². The lowest BCUT2D eigenvalue weighted by atomic mass is 10.1. The minimum atomic E-state index is -0.602. The Hall–Kier alpha value is -3.80. The third-order valence-electron chi connectivity index (χ3n) is 4.76. The van der Waals surface area contributed by atoms with E-state index in [1.807, 2.05) is 17.9 Å². The summed E-state index contributed by atoms with van der Waals surface area (Å²) in [6, 6.07) is 7.15. The number of benzene rings is 1. The van der Waals surface area contributed by atoms with Crippen LogP contribution in [-0.4, -0.2) is 39.8 Å². The van der Waals surface area contributed by atoms with Crippen molar-refractivity contribution in [1.29, 1.82) is 0 Å². The maximum atomic E-state index is 12.7. The van der Waals surface area contributed by atoms with Crippen LogP contribution in [0.4, 0.5) is 17.3 Å². The van der Waals surface area contributed by atoms with Gasteiger partial charge in [-0.25, -0.2) is 19.1 Å². The first-order valence-corrected chi connectivity index (χ1v) is 9.24. The second-order valence-corrected chi connectivity index (χ2v) is 6.72. The van der Waals surface area contributed by atoms with Crippen LogP contribution in [0.2, 0.25) is 0 Å². The largest absolute Gasteiger partial charge is 0.488 e. The Morgan fingerprint density at radius 3 is 2.97 bits per heavy atom. The first-order chi connectivity index (χ1) is 14.0. The number of ether oxygens (including phenoxy) is 2. The van der Waals surface area contributed by atoms with Gasteiger partial charge in [-0.1, -0.05) is 12.1 Å². The van der Waals surface area contributed by atoms with E-state index in [9.17, 15) is 4.79 Å². The van der Waals surface area contributed by atoms with Gasteiger partial charge >= 0.3 is 5.97 Å². The Labute approximate surface area is 167 Å². The van der Waals surface area contributed by atoms with Crippen LogP contribution in [0.5, 0.6) is 5.75 Å². The third kappa shape index (κ3) is 3.29. The highest BCUT2D eigenvalue weighted by Crippen LogP contribution is 2.32. The normalized spacial score (nSPS) is 16.8. The van der Waals surface area contributed by atoms with Gasteiger partial charge in [0, 0.05) is 24.8 Å². The van der Waals surface area contributed by atoms with Gasteiger partial charge < -0.3 is 20.1 Å². The Kier molecular flexibility index (Phi) is 4.68. The molecule has 1 aliphatic rings. The molecular weight excluding hydrogens is 372 g/mol. The number of nitrogen functional groups attached to an aromatic ring is 1. The highest BCUT2D eigenvalue weighted by Gasteiger charge is 2.24. The van der Waals surface area contributed by atoms with Crippen molar-refractivity contribution in [3.8, 4) is 5.75 Å². The van der Waals surface area contributed by atoms with Crippen molar-refractivity contribution in [3.05, 3.63) is 53.0 Å². The number of hydrogen-bond donors (Lipinski definition) is 1. The molecule has 0 fully saturated rings. The van der Waals surface area contributed by atoms with E-state index in [4.69, 9.17) is 21.8 Å². The lowest BCUT2D eigenvalue weighted by Crippen LogP contribution is -2.25. The Morgan fingerprint density at radius 1 is 1.38 bits per heavy atom. The van der Waals surface area contributed by atoms with Crippen molar-refractivity contribution in [1.82, 2.24) is 14.6 Å². The fraction of sp³-hybridized carbons (Fsp3) is 0.300. The molecule has 0 unspecified atom stereocenters. The van der Waals surface area contributed by atoms with E-state index < -0.39 is 12.1 Å². The van der Waals surface area contributed by atoms with Crippen molar-refractivity contribution in [2.24, 2.45) is 0 Å². The molecule has 29 heavy (non-hydrogen) atoms. The van der Waals surface area contributed by atoms with Crippen LogP contribution in [0.25, 0.3) is 10.5 Å². The summed E-state index contributed by atoms with van der Waals surface area (Å²) in [7, 11) is 0. The first-order valence-electron chi connectivity index (χ1n) is 9.24. The van der Waals surface area contributed by atoms with E-state index >= 15 is 0 Å². The van der Waals surface area contributed by atoms with Gasteiger partial charge in [0.1, 0.15) is 29.8 Å². The van der Waals surface area contributed by atoms with Crippen molar-refractivity contribution >= 4 is 28.9 Å². The smallest absolute Gasteiger partial charge is 0.346 e.